The molecule has 0 aliphatic carbocycles. The first kappa shape index (κ1) is 21.1. The largest absolute Gasteiger partial charge is 0.0840 e. The second-order valence-corrected chi connectivity index (χ2v) is 9.26. The zero-order valence-electron chi connectivity index (χ0n) is 16.2. The van der Waals surface area contributed by atoms with Crippen molar-refractivity contribution in [2.24, 2.45) is 0 Å². The summed E-state index contributed by atoms with van der Waals surface area (Å²) in [5, 5.41) is 1.74. The number of halogens is 2. The Morgan fingerprint density at radius 2 is 1.25 bits per heavy atom. The molecule has 0 aliphatic heterocycles. The maximum atomic E-state index is 6.11. The van der Waals surface area contributed by atoms with Crippen LogP contribution in [0.5, 0.6) is 0 Å². The Labute approximate surface area is 158 Å². The minimum atomic E-state index is 0.144. The van der Waals surface area contributed by atoms with Gasteiger partial charge >= 0.3 is 0 Å². The fourth-order valence-electron chi connectivity index (χ4n) is 2.29. The highest BCUT2D eigenvalue weighted by atomic mass is 35.5. The fraction of sp³-hybridized carbons (Fsp3) is 0.455. The first-order valence-corrected chi connectivity index (χ1v) is 9.11. The number of hydrogen-bond acceptors (Lipinski definition) is 0. The van der Waals surface area contributed by atoms with Crippen molar-refractivity contribution in [2.45, 2.75) is 66.2 Å². The molecule has 2 heteroatoms. The summed E-state index contributed by atoms with van der Waals surface area (Å²) < 4.78 is 0. The van der Waals surface area contributed by atoms with Gasteiger partial charge in [-0.25, -0.2) is 0 Å². The van der Waals surface area contributed by atoms with Crippen LogP contribution in [-0.2, 0) is 10.8 Å². The van der Waals surface area contributed by atoms with Crippen molar-refractivity contribution in [1.29, 1.82) is 0 Å². The summed E-state index contributed by atoms with van der Waals surface area (Å²) in [6, 6.07) is 12.5. The highest BCUT2D eigenvalue weighted by molar-refractivity contribution is 6.31. The molecule has 2 aromatic carbocycles. The van der Waals surface area contributed by atoms with E-state index in [4.69, 9.17) is 23.2 Å². The molecule has 0 unspecified atom stereocenters. The van der Waals surface area contributed by atoms with E-state index in [2.05, 4.69) is 78.8 Å². The van der Waals surface area contributed by atoms with Gasteiger partial charge in [-0.15, -0.1) is 0 Å². The summed E-state index contributed by atoms with van der Waals surface area (Å²) >= 11 is 12.1. The summed E-state index contributed by atoms with van der Waals surface area (Å²) in [6.45, 7) is 17.2. The lowest BCUT2D eigenvalue weighted by atomic mass is 9.86. The van der Waals surface area contributed by atoms with Crippen molar-refractivity contribution in [1.82, 2.24) is 0 Å². The van der Waals surface area contributed by atoms with E-state index in [0.29, 0.717) is 0 Å². The van der Waals surface area contributed by atoms with Crippen LogP contribution in [0.2, 0.25) is 10.0 Å². The van der Waals surface area contributed by atoms with Crippen LogP contribution in [0.3, 0.4) is 0 Å². The second-order valence-electron chi connectivity index (χ2n) is 8.45. The topological polar surface area (TPSA) is 0 Å². The maximum absolute atomic E-state index is 6.11. The lowest BCUT2D eigenvalue weighted by Crippen LogP contribution is -2.11. The first-order chi connectivity index (χ1) is 10.8. The van der Waals surface area contributed by atoms with Crippen molar-refractivity contribution in [3.05, 3.63) is 68.7 Å². The smallest absolute Gasteiger partial charge is 0.0445 e. The summed E-state index contributed by atoms with van der Waals surface area (Å²) in [5.41, 5.74) is 5.20. The third kappa shape index (κ3) is 6.15. The lowest BCUT2D eigenvalue weighted by Gasteiger charge is -2.20. The van der Waals surface area contributed by atoms with Crippen LogP contribution in [-0.4, -0.2) is 0 Å². The lowest BCUT2D eigenvalue weighted by molar-refractivity contribution is 0.590. The van der Waals surface area contributed by atoms with Crippen LogP contribution in [0, 0.1) is 13.8 Å². The minimum Gasteiger partial charge on any atom is -0.0840 e. The molecular formula is C22H30Cl2. The van der Waals surface area contributed by atoms with Gasteiger partial charge in [-0.1, -0.05) is 89.0 Å². The van der Waals surface area contributed by atoms with E-state index in [1.165, 1.54) is 16.7 Å². The van der Waals surface area contributed by atoms with Gasteiger partial charge in [-0.3, -0.25) is 0 Å². The monoisotopic (exact) mass is 364 g/mol. The van der Waals surface area contributed by atoms with Gasteiger partial charge in [0.1, 0.15) is 0 Å². The van der Waals surface area contributed by atoms with Crippen LogP contribution in [0.4, 0.5) is 0 Å². The van der Waals surface area contributed by atoms with Crippen LogP contribution in [0.1, 0.15) is 63.8 Å². The zero-order valence-corrected chi connectivity index (χ0v) is 17.7. The number of rotatable bonds is 0. The van der Waals surface area contributed by atoms with Gasteiger partial charge in [0.25, 0.3) is 0 Å². The van der Waals surface area contributed by atoms with E-state index < -0.39 is 0 Å². The Kier molecular flexibility index (Phi) is 6.96. The number of benzene rings is 2. The molecule has 0 saturated heterocycles. The Morgan fingerprint density at radius 1 is 0.667 bits per heavy atom. The zero-order chi connectivity index (χ0) is 18.7. The van der Waals surface area contributed by atoms with E-state index in [1.54, 1.807) is 0 Å². The van der Waals surface area contributed by atoms with Crippen molar-refractivity contribution < 1.29 is 0 Å². The molecule has 0 fully saturated rings. The van der Waals surface area contributed by atoms with E-state index in [9.17, 15) is 0 Å². The molecule has 0 aliphatic rings. The first-order valence-electron chi connectivity index (χ1n) is 8.35. The van der Waals surface area contributed by atoms with E-state index in [-0.39, 0.29) is 10.8 Å². The third-order valence-electron chi connectivity index (χ3n) is 3.97. The van der Waals surface area contributed by atoms with Crippen molar-refractivity contribution in [3.8, 4) is 0 Å². The van der Waals surface area contributed by atoms with Crippen LogP contribution in [0.25, 0.3) is 0 Å². The minimum absolute atomic E-state index is 0.144. The van der Waals surface area contributed by atoms with E-state index >= 15 is 0 Å². The molecule has 2 aromatic rings. The fourth-order valence-corrected chi connectivity index (χ4v) is 2.99. The van der Waals surface area contributed by atoms with Crippen molar-refractivity contribution in [2.75, 3.05) is 0 Å². The number of aryl methyl sites for hydroxylation is 2. The van der Waals surface area contributed by atoms with Gasteiger partial charge in [0.05, 0.1) is 0 Å². The Morgan fingerprint density at radius 3 is 1.67 bits per heavy atom. The molecule has 24 heavy (non-hydrogen) atoms. The van der Waals surface area contributed by atoms with Crippen molar-refractivity contribution in [3.63, 3.8) is 0 Å². The Bertz CT molecular complexity index is 686. The van der Waals surface area contributed by atoms with Gasteiger partial charge in [0, 0.05) is 10.0 Å². The molecule has 2 rings (SSSR count). The molecule has 0 nitrogen and oxygen atoms in total. The molecule has 0 radical (unpaired) electrons. The quantitative estimate of drug-likeness (QED) is 0.445. The summed E-state index contributed by atoms with van der Waals surface area (Å²) in [4.78, 5) is 0. The second kappa shape index (κ2) is 7.93. The molecule has 0 saturated carbocycles. The highest BCUT2D eigenvalue weighted by Crippen LogP contribution is 2.29. The average Bonchev–Trinajstić information content (AvgIpc) is 2.39. The van der Waals surface area contributed by atoms with Crippen molar-refractivity contribution >= 4 is 23.2 Å². The summed E-state index contributed by atoms with van der Waals surface area (Å²) in [5.74, 6) is 0. The summed E-state index contributed by atoms with van der Waals surface area (Å²) in [7, 11) is 0. The molecule has 0 aromatic heterocycles. The summed E-state index contributed by atoms with van der Waals surface area (Å²) in [6.07, 6.45) is 0. The van der Waals surface area contributed by atoms with Crippen LogP contribution in [0.15, 0.2) is 36.4 Å². The highest BCUT2D eigenvalue weighted by Gasteiger charge is 2.16. The average molecular weight is 365 g/mol. The van der Waals surface area contributed by atoms with E-state index in [1.807, 2.05) is 13.0 Å². The normalized spacial score (nSPS) is 11.8. The molecule has 132 valence electrons. The third-order valence-corrected chi connectivity index (χ3v) is 4.69. The molecule has 0 atom stereocenters. The predicted molar refractivity (Wildman–Crippen MR) is 110 cm³/mol. The molecular weight excluding hydrogens is 335 g/mol. The molecule has 0 bridgehead atoms. The van der Waals surface area contributed by atoms with Crippen LogP contribution < -0.4 is 0 Å². The SMILES string of the molecule is Cc1ccc(C(C)(C)C)c(Cl)c1.Cc1ccc(C(C)(C)C)cc1Cl. The van der Waals surface area contributed by atoms with Gasteiger partial charge in [0.2, 0.25) is 0 Å². The van der Waals surface area contributed by atoms with Gasteiger partial charge in [-0.05, 0) is 59.1 Å². The predicted octanol–water partition coefficient (Wildman–Crippen LogP) is 7.89. The number of hydrogen-bond donors (Lipinski definition) is 0. The van der Waals surface area contributed by atoms with Crippen LogP contribution >= 0.6 is 23.2 Å². The molecule has 0 spiro atoms. The van der Waals surface area contributed by atoms with Gasteiger partial charge in [-0.2, -0.15) is 0 Å². The van der Waals surface area contributed by atoms with E-state index in [0.717, 1.165) is 15.6 Å². The maximum Gasteiger partial charge on any atom is 0.0445 e. The molecule has 0 amide bonds. The Balaban J connectivity index is 0.000000240. The van der Waals surface area contributed by atoms with Gasteiger partial charge in [0.15, 0.2) is 0 Å². The standard InChI is InChI=1S/2C11H15Cl/c1-8-5-6-9(7-10(8)12)11(2,3)4;1-8-5-6-9(10(12)7-8)11(2,3)4/h2*5-7H,1-4H3. The molecule has 0 heterocycles. The molecule has 0 N–H and O–H groups in total. The Hall–Kier alpha value is -0.980. The van der Waals surface area contributed by atoms with Gasteiger partial charge < -0.3 is 0 Å².